The topological polar surface area (TPSA) is 93.5 Å². The first-order chi connectivity index (χ1) is 10.9. The number of rotatable bonds is 6. The maximum absolute atomic E-state index is 12.3. The lowest BCUT2D eigenvalue weighted by Gasteiger charge is -2.19. The number of carbonyl (C=O) groups excluding carboxylic acids is 1. The maximum Gasteiger partial charge on any atom is 0.331 e. The SMILES string of the molecule is COC(C(=O)Nc1cnn(C(C)(C)C(=O)O)c1)c1ccccc1. The van der Waals surface area contributed by atoms with E-state index in [2.05, 4.69) is 10.4 Å². The maximum atomic E-state index is 12.3. The predicted octanol–water partition coefficient (Wildman–Crippen LogP) is 2.03. The van der Waals surface area contributed by atoms with E-state index in [-0.39, 0.29) is 5.91 Å². The lowest BCUT2D eigenvalue weighted by atomic mass is 10.1. The average molecular weight is 317 g/mol. The highest BCUT2D eigenvalue weighted by atomic mass is 16.5. The number of methoxy groups -OCH3 is 1. The third-order valence-corrected chi connectivity index (χ3v) is 3.52. The summed E-state index contributed by atoms with van der Waals surface area (Å²) in [6, 6.07) is 9.09. The number of anilines is 1. The molecule has 0 bridgehead atoms. The van der Waals surface area contributed by atoms with Gasteiger partial charge in [-0.05, 0) is 19.4 Å². The van der Waals surface area contributed by atoms with E-state index in [9.17, 15) is 14.7 Å². The second kappa shape index (κ2) is 6.62. The van der Waals surface area contributed by atoms with Gasteiger partial charge in [-0.2, -0.15) is 5.10 Å². The van der Waals surface area contributed by atoms with Crippen molar-refractivity contribution in [1.29, 1.82) is 0 Å². The number of hydrogen-bond acceptors (Lipinski definition) is 4. The highest BCUT2D eigenvalue weighted by Crippen LogP contribution is 2.21. The van der Waals surface area contributed by atoms with Crippen LogP contribution in [0.4, 0.5) is 5.69 Å². The van der Waals surface area contributed by atoms with Gasteiger partial charge in [-0.15, -0.1) is 0 Å². The van der Waals surface area contributed by atoms with Gasteiger partial charge < -0.3 is 15.2 Å². The Balaban J connectivity index is 2.14. The Morgan fingerprint density at radius 3 is 2.52 bits per heavy atom. The molecule has 1 aromatic carbocycles. The first-order valence-electron chi connectivity index (χ1n) is 7.03. The van der Waals surface area contributed by atoms with Crippen molar-refractivity contribution in [1.82, 2.24) is 9.78 Å². The van der Waals surface area contributed by atoms with E-state index in [1.54, 1.807) is 12.1 Å². The lowest BCUT2D eigenvalue weighted by molar-refractivity contribution is -0.146. The van der Waals surface area contributed by atoms with Crippen molar-refractivity contribution < 1.29 is 19.4 Å². The van der Waals surface area contributed by atoms with Gasteiger partial charge in [0.15, 0.2) is 11.6 Å². The molecule has 0 aliphatic carbocycles. The lowest BCUT2D eigenvalue weighted by Crippen LogP contribution is -2.35. The number of carbonyl (C=O) groups is 2. The van der Waals surface area contributed by atoms with Gasteiger partial charge in [-0.25, -0.2) is 4.79 Å². The third kappa shape index (κ3) is 3.57. The highest BCUT2D eigenvalue weighted by molar-refractivity contribution is 5.94. The molecule has 2 N–H and O–H groups in total. The van der Waals surface area contributed by atoms with E-state index in [0.29, 0.717) is 5.69 Å². The van der Waals surface area contributed by atoms with E-state index in [4.69, 9.17) is 4.74 Å². The molecule has 7 nitrogen and oxygen atoms in total. The predicted molar refractivity (Wildman–Crippen MR) is 84.0 cm³/mol. The van der Waals surface area contributed by atoms with Crippen LogP contribution in [0.15, 0.2) is 42.7 Å². The zero-order valence-corrected chi connectivity index (χ0v) is 13.2. The zero-order chi connectivity index (χ0) is 17.0. The summed E-state index contributed by atoms with van der Waals surface area (Å²) in [6.07, 6.45) is 2.12. The standard InChI is InChI=1S/C16H19N3O4/c1-16(2,15(21)22)19-10-12(9-17-19)18-14(20)13(23-3)11-7-5-4-6-8-11/h4-10,13H,1-3H3,(H,18,20)(H,21,22). The number of carboxylic acids is 1. The number of hydrogen-bond donors (Lipinski definition) is 2. The monoisotopic (exact) mass is 317 g/mol. The quantitative estimate of drug-likeness (QED) is 0.850. The van der Waals surface area contributed by atoms with Crippen LogP contribution in [0.3, 0.4) is 0 Å². The van der Waals surface area contributed by atoms with Gasteiger partial charge in [0.25, 0.3) is 5.91 Å². The minimum atomic E-state index is -1.21. The number of amides is 1. The van der Waals surface area contributed by atoms with Crippen molar-refractivity contribution in [2.75, 3.05) is 12.4 Å². The summed E-state index contributed by atoms with van der Waals surface area (Å²) in [4.78, 5) is 23.6. The zero-order valence-electron chi connectivity index (χ0n) is 13.2. The Labute approximate surface area is 133 Å². The molecule has 1 unspecified atom stereocenters. The Morgan fingerprint density at radius 1 is 1.30 bits per heavy atom. The van der Waals surface area contributed by atoms with Crippen LogP contribution in [0.25, 0.3) is 0 Å². The summed E-state index contributed by atoms with van der Waals surface area (Å²) in [5, 5.41) is 15.9. The Morgan fingerprint density at radius 2 is 1.96 bits per heavy atom. The fourth-order valence-corrected chi connectivity index (χ4v) is 2.02. The van der Waals surface area contributed by atoms with Crippen LogP contribution in [0.5, 0.6) is 0 Å². The summed E-state index contributed by atoms with van der Waals surface area (Å²) in [7, 11) is 1.45. The molecule has 122 valence electrons. The van der Waals surface area contributed by atoms with Crippen LogP contribution >= 0.6 is 0 Å². The van der Waals surface area contributed by atoms with E-state index in [1.165, 1.54) is 38.0 Å². The van der Waals surface area contributed by atoms with Crippen LogP contribution < -0.4 is 5.32 Å². The smallest absolute Gasteiger partial charge is 0.331 e. The molecule has 1 heterocycles. The Hall–Kier alpha value is -2.67. The molecule has 0 aliphatic rings. The van der Waals surface area contributed by atoms with E-state index >= 15 is 0 Å². The molecule has 2 rings (SSSR count). The molecular formula is C16H19N3O4. The number of ether oxygens (including phenoxy) is 1. The second-order valence-electron chi connectivity index (χ2n) is 5.55. The van der Waals surface area contributed by atoms with Crippen LogP contribution in [-0.2, 0) is 19.9 Å². The number of benzene rings is 1. The summed E-state index contributed by atoms with van der Waals surface area (Å²) < 4.78 is 6.54. The van der Waals surface area contributed by atoms with Crippen LogP contribution in [-0.4, -0.2) is 33.9 Å². The molecule has 0 spiro atoms. The Kier molecular flexibility index (Phi) is 4.80. The van der Waals surface area contributed by atoms with Crippen molar-refractivity contribution in [3.05, 3.63) is 48.3 Å². The molecule has 1 amide bonds. The van der Waals surface area contributed by atoms with Crippen LogP contribution in [0.2, 0.25) is 0 Å². The van der Waals surface area contributed by atoms with E-state index in [0.717, 1.165) is 5.56 Å². The van der Waals surface area contributed by atoms with Gasteiger partial charge in [-0.3, -0.25) is 9.48 Å². The summed E-state index contributed by atoms with van der Waals surface area (Å²) in [6.45, 7) is 3.05. The highest BCUT2D eigenvalue weighted by Gasteiger charge is 2.30. The van der Waals surface area contributed by atoms with Crippen LogP contribution in [0, 0.1) is 0 Å². The van der Waals surface area contributed by atoms with Crippen molar-refractivity contribution in [3.63, 3.8) is 0 Å². The number of aromatic nitrogens is 2. The third-order valence-electron chi connectivity index (χ3n) is 3.52. The minimum Gasteiger partial charge on any atom is -0.479 e. The first kappa shape index (κ1) is 16.7. The molecule has 0 aliphatic heterocycles. The molecule has 0 saturated carbocycles. The van der Waals surface area contributed by atoms with Crippen molar-refractivity contribution in [3.8, 4) is 0 Å². The van der Waals surface area contributed by atoms with Gasteiger partial charge in [0.2, 0.25) is 0 Å². The number of nitrogens with zero attached hydrogens (tertiary/aromatic N) is 2. The molecule has 2 aromatic rings. The van der Waals surface area contributed by atoms with Crippen molar-refractivity contribution in [2.45, 2.75) is 25.5 Å². The molecule has 23 heavy (non-hydrogen) atoms. The average Bonchev–Trinajstić information content (AvgIpc) is 2.98. The number of aliphatic carboxylic acids is 1. The van der Waals surface area contributed by atoms with E-state index in [1.807, 2.05) is 18.2 Å². The fourth-order valence-electron chi connectivity index (χ4n) is 2.02. The van der Waals surface area contributed by atoms with Gasteiger partial charge in [-0.1, -0.05) is 30.3 Å². The molecule has 1 atom stereocenters. The Bertz CT molecular complexity index is 694. The summed E-state index contributed by atoms with van der Waals surface area (Å²) in [5.41, 5.74) is -0.0728. The second-order valence-corrected chi connectivity index (χ2v) is 5.55. The van der Waals surface area contributed by atoms with Gasteiger partial charge >= 0.3 is 5.97 Å². The van der Waals surface area contributed by atoms with Crippen LogP contribution in [0.1, 0.15) is 25.5 Å². The minimum absolute atomic E-state index is 0.355. The normalized spacial score (nSPS) is 12.7. The van der Waals surface area contributed by atoms with E-state index < -0.39 is 17.6 Å². The number of nitrogens with one attached hydrogen (secondary N) is 1. The van der Waals surface area contributed by atoms with Crippen molar-refractivity contribution >= 4 is 17.6 Å². The summed E-state index contributed by atoms with van der Waals surface area (Å²) >= 11 is 0. The fraction of sp³-hybridized carbons (Fsp3) is 0.312. The molecule has 7 heteroatoms. The molecular weight excluding hydrogens is 298 g/mol. The van der Waals surface area contributed by atoms with Gasteiger partial charge in [0, 0.05) is 13.3 Å². The molecule has 1 aromatic heterocycles. The van der Waals surface area contributed by atoms with Gasteiger partial charge in [0.05, 0.1) is 11.9 Å². The van der Waals surface area contributed by atoms with Gasteiger partial charge in [0.1, 0.15) is 0 Å². The van der Waals surface area contributed by atoms with Crippen molar-refractivity contribution in [2.24, 2.45) is 0 Å². The molecule has 0 saturated heterocycles. The molecule has 0 radical (unpaired) electrons. The summed E-state index contributed by atoms with van der Waals surface area (Å²) in [5.74, 6) is -1.37. The first-order valence-corrected chi connectivity index (χ1v) is 7.03. The number of carboxylic acid groups (broad SMARTS) is 1. The molecule has 0 fully saturated rings. The largest absolute Gasteiger partial charge is 0.479 e.